The molecule has 4 heteroatoms. The summed E-state index contributed by atoms with van der Waals surface area (Å²) in [5.41, 5.74) is -0.165. The maximum atomic E-state index is 13.2. The average molecular weight is 375 g/mol. The lowest BCUT2D eigenvalue weighted by Gasteiger charge is -2.30. The molecule has 6 saturated carbocycles. The molecule has 10 unspecified atom stereocenters. The van der Waals surface area contributed by atoms with Crippen LogP contribution in [0.2, 0.25) is 0 Å². The van der Waals surface area contributed by atoms with Gasteiger partial charge in [-0.2, -0.15) is 0 Å². The third-order valence-corrected chi connectivity index (χ3v) is 9.31. The normalized spacial score (nSPS) is 50.9. The van der Waals surface area contributed by atoms with Crippen LogP contribution in [0.4, 0.5) is 0 Å². The molecular weight excluding hydrogens is 340 g/mol. The number of unbranched alkanes of at least 4 members (excludes halogenated alkanes) is 2. The average Bonchev–Trinajstić information content (AvgIpc) is 3.12. The number of carbonyl (C=O) groups excluding carboxylic acids is 2. The van der Waals surface area contributed by atoms with E-state index in [1.165, 1.54) is 6.42 Å². The quantitative estimate of drug-likeness (QED) is 0.495. The first-order chi connectivity index (χ1) is 13.0. The van der Waals surface area contributed by atoms with Crippen LogP contribution < -0.4 is 0 Å². The van der Waals surface area contributed by atoms with Crippen molar-refractivity contribution in [3.05, 3.63) is 0 Å². The molecule has 6 aliphatic rings. The lowest BCUT2D eigenvalue weighted by Crippen LogP contribution is -2.37. The Morgan fingerprint density at radius 3 is 2.44 bits per heavy atom. The maximum absolute atomic E-state index is 13.2. The summed E-state index contributed by atoms with van der Waals surface area (Å²) in [4.78, 5) is 25.8. The van der Waals surface area contributed by atoms with Crippen LogP contribution in [0.25, 0.3) is 0 Å². The molecule has 0 aromatic rings. The lowest BCUT2D eigenvalue weighted by atomic mass is 9.86. The summed E-state index contributed by atoms with van der Waals surface area (Å²) >= 11 is 0. The van der Waals surface area contributed by atoms with E-state index in [4.69, 9.17) is 9.47 Å². The standard InChI is InChI=1S/C23H34O4/c1-4-5-6-7-26-21(24)17-9-14-8-16(17)19(10-14)27-22(25)23-13(3)15-11-18(23)20(23)12(15)2/h12-20H,4-11H2,1-3H3. The van der Waals surface area contributed by atoms with Crippen molar-refractivity contribution < 1.29 is 19.1 Å². The van der Waals surface area contributed by atoms with Crippen molar-refractivity contribution >= 4 is 11.9 Å². The highest BCUT2D eigenvalue weighted by Gasteiger charge is 2.85. The Morgan fingerprint density at radius 1 is 1.04 bits per heavy atom. The van der Waals surface area contributed by atoms with Crippen LogP contribution in [-0.2, 0) is 19.1 Å². The summed E-state index contributed by atoms with van der Waals surface area (Å²) in [5, 5.41) is 0. The topological polar surface area (TPSA) is 52.6 Å². The third-order valence-electron chi connectivity index (χ3n) is 9.31. The summed E-state index contributed by atoms with van der Waals surface area (Å²) in [6, 6.07) is 0. The van der Waals surface area contributed by atoms with Crippen molar-refractivity contribution in [3.63, 3.8) is 0 Å². The Kier molecular flexibility index (Phi) is 4.15. The monoisotopic (exact) mass is 374 g/mol. The molecule has 6 bridgehead atoms. The Balaban J connectivity index is 1.20. The fourth-order valence-corrected chi connectivity index (χ4v) is 8.12. The molecule has 0 aromatic heterocycles. The number of carbonyl (C=O) groups is 2. The van der Waals surface area contributed by atoms with Gasteiger partial charge in [-0.05, 0) is 67.6 Å². The minimum Gasteiger partial charge on any atom is -0.465 e. The highest BCUT2D eigenvalue weighted by molar-refractivity contribution is 5.84. The fourth-order valence-electron chi connectivity index (χ4n) is 8.12. The van der Waals surface area contributed by atoms with Crippen molar-refractivity contribution in [1.29, 1.82) is 0 Å². The molecule has 6 aliphatic carbocycles. The van der Waals surface area contributed by atoms with Crippen LogP contribution in [0.3, 0.4) is 0 Å². The SMILES string of the molecule is CCCCCOC(=O)C1CC2CC(OC(=O)C34C(C)C5CC3C4C5C)C1C2. The molecule has 0 saturated heterocycles. The summed E-state index contributed by atoms with van der Waals surface area (Å²) in [6.07, 6.45) is 7.26. The smallest absolute Gasteiger partial charge is 0.313 e. The van der Waals surface area contributed by atoms with Crippen LogP contribution in [0.1, 0.15) is 65.7 Å². The summed E-state index contributed by atoms with van der Waals surface area (Å²) in [7, 11) is 0. The van der Waals surface area contributed by atoms with Crippen LogP contribution in [-0.4, -0.2) is 24.6 Å². The number of hydrogen-bond acceptors (Lipinski definition) is 4. The molecule has 27 heavy (non-hydrogen) atoms. The number of rotatable bonds is 7. The highest BCUT2D eigenvalue weighted by atomic mass is 16.6. The largest absolute Gasteiger partial charge is 0.465 e. The van der Waals surface area contributed by atoms with E-state index in [0.29, 0.717) is 36.2 Å². The van der Waals surface area contributed by atoms with E-state index in [1.54, 1.807) is 0 Å². The maximum Gasteiger partial charge on any atom is 0.313 e. The minimum absolute atomic E-state index is 0.0491. The molecule has 6 rings (SSSR count). The Bertz CT molecular complexity index is 640. The van der Waals surface area contributed by atoms with Gasteiger partial charge in [-0.1, -0.05) is 33.6 Å². The predicted molar refractivity (Wildman–Crippen MR) is 101 cm³/mol. The Hall–Kier alpha value is -1.06. The van der Waals surface area contributed by atoms with E-state index in [0.717, 1.165) is 44.4 Å². The molecule has 0 N–H and O–H groups in total. The van der Waals surface area contributed by atoms with Crippen LogP contribution in [0.5, 0.6) is 0 Å². The van der Waals surface area contributed by atoms with Gasteiger partial charge < -0.3 is 9.47 Å². The third kappa shape index (κ3) is 2.34. The molecule has 0 aromatic carbocycles. The van der Waals surface area contributed by atoms with Gasteiger partial charge in [0.25, 0.3) is 0 Å². The van der Waals surface area contributed by atoms with Crippen LogP contribution in [0, 0.1) is 52.8 Å². The molecule has 0 aliphatic heterocycles. The molecule has 10 atom stereocenters. The number of esters is 2. The molecule has 4 nitrogen and oxygen atoms in total. The highest BCUT2D eigenvalue weighted by Crippen LogP contribution is 2.83. The van der Waals surface area contributed by atoms with Crippen LogP contribution >= 0.6 is 0 Å². The Morgan fingerprint density at radius 2 is 1.85 bits per heavy atom. The van der Waals surface area contributed by atoms with E-state index in [-0.39, 0.29) is 35.3 Å². The van der Waals surface area contributed by atoms with Gasteiger partial charge in [-0.3, -0.25) is 9.59 Å². The molecule has 6 fully saturated rings. The van der Waals surface area contributed by atoms with E-state index in [2.05, 4.69) is 20.8 Å². The zero-order chi connectivity index (χ0) is 18.9. The summed E-state index contributed by atoms with van der Waals surface area (Å²) < 4.78 is 11.7. The zero-order valence-corrected chi connectivity index (χ0v) is 17.0. The van der Waals surface area contributed by atoms with Gasteiger partial charge in [-0.25, -0.2) is 0 Å². The molecule has 0 radical (unpaired) electrons. The van der Waals surface area contributed by atoms with Crippen LogP contribution in [0.15, 0.2) is 0 Å². The van der Waals surface area contributed by atoms with Crippen molar-refractivity contribution in [1.82, 2.24) is 0 Å². The van der Waals surface area contributed by atoms with Gasteiger partial charge in [0.1, 0.15) is 6.10 Å². The van der Waals surface area contributed by atoms with Gasteiger partial charge in [0, 0.05) is 5.92 Å². The van der Waals surface area contributed by atoms with E-state index in [1.807, 2.05) is 0 Å². The van der Waals surface area contributed by atoms with E-state index in [9.17, 15) is 9.59 Å². The molecule has 0 spiro atoms. The fraction of sp³-hybridized carbons (Fsp3) is 0.913. The first-order valence-electron chi connectivity index (χ1n) is 11.4. The first kappa shape index (κ1) is 18.0. The van der Waals surface area contributed by atoms with E-state index < -0.39 is 0 Å². The lowest BCUT2D eigenvalue weighted by molar-refractivity contribution is -0.166. The van der Waals surface area contributed by atoms with Gasteiger partial charge in [0.15, 0.2) is 0 Å². The molecule has 150 valence electrons. The summed E-state index contributed by atoms with van der Waals surface area (Å²) in [5.74, 6) is 3.73. The number of ether oxygens (including phenoxy) is 2. The first-order valence-corrected chi connectivity index (χ1v) is 11.4. The summed E-state index contributed by atoms with van der Waals surface area (Å²) in [6.45, 7) is 7.29. The zero-order valence-electron chi connectivity index (χ0n) is 17.0. The number of hydrogen-bond donors (Lipinski definition) is 0. The van der Waals surface area contributed by atoms with Crippen molar-refractivity contribution in [2.24, 2.45) is 52.8 Å². The molecule has 0 amide bonds. The second-order valence-electron chi connectivity index (χ2n) is 10.3. The van der Waals surface area contributed by atoms with Crippen molar-refractivity contribution in [2.45, 2.75) is 71.8 Å². The minimum atomic E-state index is -0.165. The van der Waals surface area contributed by atoms with Crippen molar-refractivity contribution in [2.75, 3.05) is 6.61 Å². The molecular formula is C23H34O4. The van der Waals surface area contributed by atoms with Gasteiger partial charge in [-0.15, -0.1) is 0 Å². The van der Waals surface area contributed by atoms with Crippen molar-refractivity contribution in [3.8, 4) is 0 Å². The number of fused-ring (bicyclic) bond motifs is 2. The van der Waals surface area contributed by atoms with Gasteiger partial charge in [0.2, 0.25) is 0 Å². The second-order valence-corrected chi connectivity index (χ2v) is 10.3. The second kappa shape index (κ2) is 6.22. The molecule has 0 heterocycles. The van der Waals surface area contributed by atoms with Gasteiger partial charge >= 0.3 is 11.9 Å². The van der Waals surface area contributed by atoms with Gasteiger partial charge in [0.05, 0.1) is 17.9 Å². The van der Waals surface area contributed by atoms with E-state index >= 15 is 0 Å². The predicted octanol–water partition coefficient (Wildman–Crippen LogP) is 4.22. The Labute approximate surface area is 162 Å².